The zero-order chi connectivity index (χ0) is 19.8. The molecule has 1 aliphatic heterocycles. The van der Waals surface area contributed by atoms with Crippen molar-refractivity contribution in [2.24, 2.45) is 0 Å². The first-order chi connectivity index (χ1) is 14.2. The predicted molar refractivity (Wildman–Crippen MR) is 112 cm³/mol. The van der Waals surface area contributed by atoms with Crippen molar-refractivity contribution in [3.8, 4) is 5.69 Å². The molecule has 6 nitrogen and oxygen atoms in total. The van der Waals surface area contributed by atoms with Gasteiger partial charge in [-0.2, -0.15) is 5.10 Å². The molecule has 6 heteroatoms. The Hall–Kier alpha value is -3.41. The van der Waals surface area contributed by atoms with E-state index in [1.807, 2.05) is 59.3 Å². The third-order valence-corrected chi connectivity index (χ3v) is 5.66. The highest BCUT2D eigenvalue weighted by Crippen LogP contribution is 2.32. The summed E-state index contributed by atoms with van der Waals surface area (Å²) in [5.74, 6) is -0.127. The molecule has 1 fully saturated rings. The quantitative estimate of drug-likeness (QED) is 0.743. The Labute approximate surface area is 169 Å². The van der Waals surface area contributed by atoms with Crippen molar-refractivity contribution in [3.63, 3.8) is 0 Å². The number of para-hydroxylation sites is 3. The first kappa shape index (κ1) is 17.7. The van der Waals surface area contributed by atoms with Crippen LogP contribution in [0.3, 0.4) is 0 Å². The SMILES string of the molecule is O=C(Nc1ccccc1N1CCCC1=O)c1nn(-c2ccccc2)c2c1CCC2. The third-order valence-electron chi connectivity index (χ3n) is 5.66. The van der Waals surface area contributed by atoms with Crippen molar-refractivity contribution in [2.75, 3.05) is 16.8 Å². The summed E-state index contributed by atoms with van der Waals surface area (Å²) in [6.45, 7) is 0.684. The third kappa shape index (κ3) is 3.10. The number of carbonyl (C=O) groups excluding carboxylic acids is 2. The molecule has 1 aromatic heterocycles. The van der Waals surface area contributed by atoms with Gasteiger partial charge in [0.15, 0.2) is 5.69 Å². The summed E-state index contributed by atoms with van der Waals surface area (Å²) in [6.07, 6.45) is 4.20. The number of nitrogens with zero attached hydrogens (tertiary/aromatic N) is 3. The molecule has 0 atom stereocenters. The van der Waals surface area contributed by atoms with Gasteiger partial charge in [-0.25, -0.2) is 4.68 Å². The number of fused-ring (bicyclic) bond motifs is 1. The molecule has 0 saturated carbocycles. The molecule has 2 aromatic carbocycles. The summed E-state index contributed by atoms with van der Waals surface area (Å²) in [6, 6.07) is 17.4. The maximum Gasteiger partial charge on any atom is 0.276 e. The topological polar surface area (TPSA) is 67.2 Å². The van der Waals surface area contributed by atoms with Crippen LogP contribution in [0, 0.1) is 0 Å². The molecule has 146 valence electrons. The van der Waals surface area contributed by atoms with E-state index in [-0.39, 0.29) is 11.8 Å². The largest absolute Gasteiger partial charge is 0.319 e. The smallest absolute Gasteiger partial charge is 0.276 e. The highest BCUT2D eigenvalue weighted by atomic mass is 16.2. The monoisotopic (exact) mass is 386 g/mol. The molecule has 0 spiro atoms. The van der Waals surface area contributed by atoms with Gasteiger partial charge in [-0.3, -0.25) is 9.59 Å². The normalized spacial score (nSPS) is 15.6. The van der Waals surface area contributed by atoms with E-state index in [0.717, 1.165) is 48.3 Å². The molecule has 3 aromatic rings. The second kappa shape index (κ2) is 7.20. The zero-order valence-electron chi connectivity index (χ0n) is 16.1. The molecule has 1 saturated heterocycles. The number of rotatable bonds is 4. The van der Waals surface area contributed by atoms with Crippen LogP contribution < -0.4 is 10.2 Å². The van der Waals surface area contributed by atoms with E-state index in [2.05, 4.69) is 10.4 Å². The van der Waals surface area contributed by atoms with Gasteiger partial charge in [-0.1, -0.05) is 30.3 Å². The average Bonchev–Trinajstić information content (AvgIpc) is 3.45. The average molecular weight is 386 g/mol. The van der Waals surface area contributed by atoms with E-state index in [0.29, 0.717) is 24.3 Å². The Morgan fingerprint density at radius 1 is 0.931 bits per heavy atom. The van der Waals surface area contributed by atoms with Crippen molar-refractivity contribution in [1.29, 1.82) is 0 Å². The fourth-order valence-corrected chi connectivity index (χ4v) is 4.30. The van der Waals surface area contributed by atoms with Crippen LogP contribution >= 0.6 is 0 Å². The standard InChI is InChI=1S/C23H22N4O2/c28-21-14-7-15-26(21)20-12-5-4-11-18(20)24-23(29)22-17-10-6-13-19(17)27(25-22)16-8-2-1-3-9-16/h1-5,8-9,11-12H,6-7,10,13-15H2,(H,24,29). The summed E-state index contributed by atoms with van der Waals surface area (Å²) < 4.78 is 1.90. The maximum absolute atomic E-state index is 13.2. The van der Waals surface area contributed by atoms with E-state index in [9.17, 15) is 9.59 Å². The van der Waals surface area contributed by atoms with Gasteiger partial charge in [0.25, 0.3) is 5.91 Å². The van der Waals surface area contributed by atoms with E-state index >= 15 is 0 Å². The first-order valence-corrected chi connectivity index (χ1v) is 10.1. The summed E-state index contributed by atoms with van der Waals surface area (Å²) in [7, 11) is 0. The minimum absolute atomic E-state index is 0.0981. The number of nitrogens with one attached hydrogen (secondary N) is 1. The lowest BCUT2D eigenvalue weighted by Gasteiger charge is -2.19. The number of amides is 2. The molecule has 1 N–H and O–H groups in total. The van der Waals surface area contributed by atoms with Gasteiger partial charge in [0.05, 0.1) is 17.1 Å². The first-order valence-electron chi connectivity index (χ1n) is 10.1. The number of hydrogen-bond acceptors (Lipinski definition) is 3. The Bertz CT molecular complexity index is 1090. The van der Waals surface area contributed by atoms with Crippen LogP contribution in [-0.2, 0) is 17.6 Å². The lowest BCUT2D eigenvalue weighted by Crippen LogP contribution is -2.25. The van der Waals surface area contributed by atoms with Gasteiger partial charge in [0.1, 0.15) is 0 Å². The van der Waals surface area contributed by atoms with Gasteiger partial charge >= 0.3 is 0 Å². The Morgan fingerprint density at radius 3 is 2.52 bits per heavy atom. The lowest BCUT2D eigenvalue weighted by molar-refractivity contribution is -0.117. The van der Waals surface area contributed by atoms with Crippen molar-refractivity contribution < 1.29 is 9.59 Å². The van der Waals surface area contributed by atoms with Crippen molar-refractivity contribution in [1.82, 2.24) is 9.78 Å². The molecule has 2 amide bonds. The summed E-state index contributed by atoms with van der Waals surface area (Å²) in [5, 5.41) is 7.67. The van der Waals surface area contributed by atoms with Crippen LogP contribution in [0.15, 0.2) is 54.6 Å². The second-order valence-electron chi connectivity index (χ2n) is 7.49. The molecule has 0 radical (unpaired) electrons. The van der Waals surface area contributed by atoms with Crippen LogP contribution in [0.1, 0.15) is 41.0 Å². The number of aromatic nitrogens is 2. The fraction of sp³-hybridized carbons (Fsp3) is 0.261. The number of benzene rings is 2. The summed E-state index contributed by atoms with van der Waals surface area (Å²) in [4.78, 5) is 27.1. The summed E-state index contributed by atoms with van der Waals surface area (Å²) in [5.41, 5.74) is 4.98. The number of carbonyl (C=O) groups is 2. The minimum Gasteiger partial charge on any atom is -0.319 e. The molecule has 2 aliphatic rings. The van der Waals surface area contributed by atoms with Gasteiger partial charge in [-0.05, 0) is 49.9 Å². The van der Waals surface area contributed by atoms with Crippen molar-refractivity contribution >= 4 is 23.2 Å². The van der Waals surface area contributed by atoms with Crippen LogP contribution in [0.2, 0.25) is 0 Å². The zero-order valence-corrected chi connectivity index (χ0v) is 16.1. The molecule has 1 aliphatic carbocycles. The number of anilines is 2. The van der Waals surface area contributed by atoms with E-state index < -0.39 is 0 Å². The fourth-order valence-electron chi connectivity index (χ4n) is 4.30. The maximum atomic E-state index is 13.2. The van der Waals surface area contributed by atoms with Gasteiger partial charge < -0.3 is 10.2 Å². The van der Waals surface area contributed by atoms with Crippen LogP contribution in [0.5, 0.6) is 0 Å². The van der Waals surface area contributed by atoms with Crippen LogP contribution in [0.4, 0.5) is 11.4 Å². The molecule has 0 bridgehead atoms. The number of hydrogen-bond donors (Lipinski definition) is 1. The molecule has 0 unspecified atom stereocenters. The Balaban J connectivity index is 1.48. The van der Waals surface area contributed by atoms with Gasteiger partial charge in [0.2, 0.25) is 5.91 Å². The van der Waals surface area contributed by atoms with Crippen LogP contribution in [-0.4, -0.2) is 28.1 Å². The Morgan fingerprint density at radius 2 is 1.72 bits per heavy atom. The minimum atomic E-state index is -0.225. The Kier molecular flexibility index (Phi) is 4.39. The van der Waals surface area contributed by atoms with Crippen LogP contribution in [0.25, 0.3) is 5.69 Å². The lowest BCUT2D eigenvalue weighted by atomic mass is 10.1. The molecule has 2 heterocycles. The second-order valence-corrected chi connectivity index (χ2v) is 7.49. The molecular weight excluding hydrogens is 364 g/mol. The highest BCUT2D eigenvalue weighted by Gasteiger charge is 2.28. The van der Waals surface area contributed by atoms with E-state index in [1.54, 1.807) is 4.90 Å². The van der Waals surface area contributed by atoms with E-state index in [1.165, 1.54) is 0 Å². The predicted octanol–water partition coefficient (Wildman–Crippen LogP) is 3.74. The molecule has 29 heavy (non-hydrogen) atoms. The molecule has 5 rings (SSSR count). The van der Waals surface area contributed by atoms with Gasteiger partial charge in [-0.15, -0.1) is 0 Å². The van der Waals surface area contributed by atoms with E-state index in [4.69, 9.17) is 0 Å². The highest BCUT2D eigenvalue weighted by molar-refractivity contribution is 6.08. The van der Waals surface area contributed by atoms with Crippen molar-refractivity contribution in [3.05, 3.63) is 71.5 Å². The van der Waals surface area contributed by atoms with Crippen molar-refractivity contribution in [2.45, 2.75) is 32.1 Å². The summed E-state index contributed by atoms with van der Waals surface area (Å²) >= 11 is 0. The van der Waals surface area contributed by atoms with Gasteiger partial charge in [0, 0.05) is 24.2 Å². The molecular formula is C23H22N4O2.